The van der Waals surface area contributed by atoms with Crippen LogP contribution in [0.4, 0.5) is 0 Å². The van der Waals surface area contributed by atoms with Crippen molar-refractivity contribution in [2.75, 3.05) is 0 Å². The minimum atomic E-state index is -1.41. The maximum atomic E-state index is 9.97. The monoisotopic (exact) mass is 256 g/mol. The van der Waals surface area contributed by atoms with Crippen molar-refractivity contribution >= 4 is 0 Å². The van der Waals surface area contributed by atoms with E-state index < -0.39 is 12.2 Å². The molecule has 0 aliphatic rings. The van der Waals surface area contributed by atoms with Crippen LogP contribution in [-0.2, 0) is 0 Å². The van der Waals surface area contributed by atoms with Gasteiger partial charge >= 0.3 is 0 Å². The lowest BCUT2D eigenvalue weighted by Crippen LogP contribution is -2.16. The van der Waals surface area contributed by atoms with Crippen molar-refractivity contribution in [3.8, 4) is 11.8 Å². The van der Waals surface area contributed by atoms with Crippen LogP contribution in [0, 0.1) is 25.2 Å². The summed E-state index contributed by atoms with van der Waals surface area (Å²) in [7, 11) is 0. The van der Waals surface area contributed by atoms with Gasteiger partial charge < -0.3 is 14.8 Å². The van der Waals surface area contributed by atoms with Gasteiger partial charge in [0, 0.05) is 22.6 Å². The van der Waals surface area contributed by atoms with E-state index >= 15 is 0 Å². The molecule has 1 aromatic carbocycles. The Balaban J connectivity index is 2.50. The summed E-state index contributed by atoms with van der Waals surface area (Å²) in [6, 6.07) is 13.2. The van der Waals surface area contributed by atoms with Gasteiger partial charge in [-0.25, -0.2) is 0 Å². The van der Waals surface area contributed by atoms with Crippen LogP contribution < -0.4 is 0 Å². The van der Waals surface area contributed by atoms with Gasteiger partial charge in [-0.2, -0.15) is 5.26 Å². The van der Waals surface area contributed by atoms with E-state index in [4.69, 9.17) is 5.26 Å². The number of benzene rings is 1. The van der Waals surface area contributed by atoms with Crippen LogP contribution in [0.5, 0.6) is 0 Å². The first kappa shape index (κ1) is 13.3. The van der Waals surface area contributed by atoms with Crippen LogP contribution >= 0.6 is 0 Å². The van der Waals surface area contributed by atoms with E-state index in [-0.39, 0.29) is 0 Å². The Hall–Kier alpha value is -2.09. The minimum Gasteiger partial charge on any atom is -0.384 e. The van der Waals surface area contributed by atoms with E-state index in [9.17, 15) is 10.2 Å². The number of aromatic nitrogens is 1. The number of aliphatic hydroxyl groups excluding tert-OH is 2. The fourth-order valence-electron chi connectivity index (χ4n) is 2.30. The quantitative estimate of drug-likeness (QED) is 0.825. The van der Waals surface area contributed by atoms with Crippen LogP contribution in [0.1, 0.15) is 23.1 Å². The number of aliphatic hydroxyl groups is 2. The zero-order valence-corrected chi connectivity index (χ0v) is 10.9. The Morgan fingerprint density at radius 2 is 1.79 bits per heavy atom. The molecule has 0 aliphatic carbocycles. The summed E-state index contributed by atoms with van der Waals surface area (Å²) in [5, 5.41) is 28.1. The third-order valence-electron chi connectivity index (χ3n) is 3.23. The summed E-state index contributed by atoms with van der Waals surface area (Å²) in [5.41, 5.74) is 3.34. The lowest BCUT2D eigenvalue weighted by molar-refractivity contribution is 0.0524. The molecule has 2 rings (SSSR count). The normalized spacial score (nSPS) is 13.8. The predicted octanol–water partition coefficient (Wildman–Crippen LogP) is 2.01. The third kappa shape index (κ3) is 2.39. The molecule has 1 aromatic heterocycles. The van der Waals surface area contributed by atoms with Crippen LogP contribution in [0.25, 0.3) is 5.69 Å². The first-order valence-corrected chi connectivity index (χ1v) is 6.06. The van der Waals surface area contributed by atoms with Crippen LogP contribution in [0.15, 0.2) is 36.4 Å². The van der Waals surface area contributed by atoms with Gasteiger partial charge in [-0.1, -0.05) is 18.2 Å². The summed E-state index contributed by atoms with van der Waals surface area (Å²) in [5.74, 6) is 0. The maximum Gasteiger partial charge on any atom is 0.170 e. The van der Waals surface area contributed by atoms with Gasteiger partial charge in [-0.15, -0.1) is 0 Å². The van der Waals surface area contributed by atoms with Crippen LogP contribution in [0.3, 0.4) is 0 Å². The highest BCUT2D eigenvalue weighted by Crippen LogP contribution is 2.27. The number of nitrogens with zero attached hydrogens (tertiary/aromatic N) is 2. The summed E-state index contributed by atoms with van der Waals surface area (Å²) < 4.78 is 1.99. The third-order valence-corrected chi connectivity index (χ3v) is 3.23. The molecule has 2 unspecified atom stereocenters. The molecule has 0 bridgehead atoms. The predicted molar refractivity (Wildman–Crippen MR) is 71.8 cm³/mol. The average Bonchev–Trinajstić information content (AvgIpc) is 2.73. The number of aryl methyl sites for hydroxylation is 1. The molecule has 98 valence electrons. The molecule has 0 fully saturated rings. The van der Waals surface area contributed by atoms with Crippen molar-refractivity contribution in [3.05, 3.63) is 53.3 Å². The van der Waals surface area contributed by atoms with E-state index in [1.807, 2.05) is 48.7 Å². The molecular weight excluding hydrogens is 240 g/mol. The molecule has 2 N–H and O–H groups in total. The van der Waals surface area contributed by atoms with Crippen LogP contribution in [0.2, 0.25) is 0 Å². The summed E-state index contributed by atoms with van der Waals surface area (Å²) in [6.45, 7) is 3.79. The van der Waals surface area contributed by atoms with Gasteiger partial charge in [-0.05, 0) is 32.0 Å². The van der Waals surface area contributed by atoms with Crippen molar-refractivity contribution < 1.29 is 10.2 Å². The Labute approximate surface area is 112 Å². The largest absolute Gasteiger partial charge is 0.384 e. The van der Waals surface area contributed by atoms with Gasteiger partial charge in [0.15, 0.2) is 6.10 Å². The van der Waals surface area contributed by atoms with Crippen LogP contribution in [-0.4, -0.2) is 20.9 Å². The molecule has 19 heavy (non-hydrogen) atoms. The number of hydrogen-bond donors (Lipinski definition) is 2. The highest BCUT2D eigenvalue weighted by Gasteiger charge is 2.23. The molecule has 0 aliphatic heterocycles. The number of hydrogen-bond acceptors (Lipinski definition) is 3. The molecule has 4 heteroatoms. The number of para-hydroxylation sites is 1. The molecule has 0 spiro atoms. The molecule has 2 aromatic rings. The Morgan fingerprint density at radius 1 is 1.16 bits per heavy atom. The molecule has 0 amide bonds. The Kier molecular flexibility index (Phi) is 3.70. The molecule has 1 heterocycles. The molecule has 2 atom stereocenters. The van der Waals surface area contributed by atoms with Crippen molar-refractivity contribution in [2.24, 2.45) is 0 Å². The van der Waals surface area contributed by atoms with E-state index in [2.05, 4.69) is 0 Å². The van der Waals surface area contributed by atoms with Gasteiger partial charge in [0.25, 0.3) is 0 Å². The van der Waals surface area contributed by atoms with Crippen molar-refractivity contribution in [1.82, 2.24) is 4.57 Å². The summed E-state index contributed by atoms with van der Waals surface area (Å²) >= 11 is 0. The first-order chi connectivity index (χ1) is 9.06. The lowest BCUT2D eigenvalue weighted by Gasteiger charge is -2.13. The van der Waals surface area contributed by atoms with Crippen molar-refractivity contribution in [3.63, 3.8) is 0 Å². The average molecular weight is 256 g/mol. The summed E-state index contributed by atoms with van der Waals surface area (Å²) in [4.78, 5) is 0. The Morgan fingerprint density at radius 3 is 2.37 bits per heavy atom. The zero-order valence-electron chi connectivity index (χ0n) is 10.9. The van der Waals surface area contributed by atoms with E-state index in [1.165, 1.54) is 0 Å². The van der Waals surface area contributed by atoms with Crippen molar-refractivity contribution in [1.29, 1.82) is 5.26 Å². The molecule has 0 saturated carbocycles. The van der Waals surface area contributed by atoms with Gasteiger partial charge in [0.05, 0.1) is 6.07 Å². The topological polar surface area (TPSA) is 69.2 Å². The Bertz CT molecular complexity index is 611. The second-order valence-electron chi connectivity index (χ2n) is 4.52. The fraction of sp³-hybridized carbons (Fsp3) is 0.267. The highest BCUT2D eigenvalue weighted by atomic mass is 16.3. The molecule has 0 radical (unpaired) electrons. The lowest BCUT2D eigenvalue weighted by atomic mass is 10.1. The number of nitriles is 1. The van der Waals surface area contributed by atoms with Gasteiger partial charge in [0.2, 0.25) is 0 Å². The number of rotatable bonds is 3. The molecular formula is C15H16N2O2. The second kappa shape index (κ2) is 5.27. The minimum absolute atomic E-state index is 0.579. The maximum absolute atomic E-state index is 9.97. The van der Waals surface area contributed by atoms with Gasteiger partial charge in [-0.3, -0.25) is 0 Å². The fourth-order valence-corrected chi connectivity index (χ4v) is 2.30. The standard InChI is InChI=1S/C15H16N2O2/c1-10-8-13(15(19)14(18)9-16)11(2)17(10)12-6-4-3-5-7-12/h3-8,14-15,18-19H,1-2H3. The van der Waals surface area contributed by atoms with E-state index in [1.54, 1.807) is 12.1 Å². The smallest absolute Gasteiger partial charge is 0.170 e. The molecule has 0 saturated heterocycles. The van der Waals surface area contributed by atoms with Gasteiger partial charge in [0.1, 0.15) is 6.10 Å². The summed E-state index contributed by atoms with van der Waals surface area (Å²) in [6.07, 6.45) is -2.60. The SMILES string of the molecule is Cc1cc(C(O)C(O)C#N)c(C)n1-c1ccccc1. The van der Waals surface area contributed by atoms with E-state index in [0.717, 1.165) is 17.1 Å². The second-order valence-corrected chi connectivity index (χ2v) is 4.52. The highest BCUT2D eigenvalue weighted by molar-refractivity contribution is 5.42. The first-order valence-electron chi connectivity index (χ1n) is 6.06. The van der Waals surface area contributed by atoms with Crippen molar-refractivity contribution in [2.45, 2.75) is 26.1 Å². The van der Waals surface area contributed by atoms with E-state index in [0.29, 0.717) is 5.56 Å². The molecule has 4 nitrogen and oxygen atoms in total. The zero-order chi connectivity index (χ0) is 14.0.